The monoisotopic (exact) mass is 278 g/mol. The summed E-state index contributed by atoms with van der Waals surface area (Å²) < 4.78 is 0. The van der Waals surface area contributed by atoms with Crippen molar-refractivity contribution in [2.24, 2.45) is 0 Å². The van der Waals surface area contributed by atoms with Crippen LogP contribution in [-0.4, -0.2) is 52.0 Å². The Morgan fingerprint density at radius 1 is 1.40 bits per heavy atom. The van der Waals surface area contributed by atoms with E-state index in [9.17, 15) is 19.5 Å². The van der Waals surface area contributed by atoms with Gasteiger partial charge < -0.3 is 20.4 Å². The number of nitrogens with zero attached hydrogens (tertiary/aromatic N) is 1. The van der Waals surface area contributed by atoms with Gasteiger partial charge in [0.2, 0.25) is 5.91 Å². The van der Waals surface area contributed by atoms with E-state index in [2.05, 4.69) is 5.32 Å². The quantitative estimate of drug-likeness (QED) is 0.690. The van der Waals surface area contributed by atoms with E-state index in [0.717, 1.165) is 4.90 Å². The summed E-state index contributed by atoms with van der Waals surface area (Å²) in [6.07, 6.45) is 0. The summed E-state index contributed by atoms with van der Waals surface area (Å²) in [6, 6.07) is 3.31. The van der Waals surface area contributed by atoms with Crippen molar-refractivity contribution < 1.29 is 24.6 Å². The highest BCUT2D eigenvalue weighted by molar-refractivity contribution is 6.01. The zero-order valence-electron chi connectivity index (χ0n) is 10.8. The Balaban J connectivity index is 2.36. The number of benzene rings is 1. The standard InChI is InChI=1S/C13H14N2O5/c1-7-8(3-2-4-10(7)16)12(18)15-6-11(17)14-5-9(15)13(19)20/h2-4,9,16H,5-6H2,1H3,(H,14,17)(H,19,20). The number of aromatic hydroxyl groups is 1. The lowest BCUT2D eigenvalue weighted by molar-refractivity contribution is -0.144. The van der Waals surface area contributed by atoms with Crippen molar-refractivity contribution in [2.45, 2.75) is 13.0 Å². The largest absolute Gasteiger partial charge is 0.508 e. The average Bonchev–Trinajstić information content (AvgIpc) is 2.40. The minimum atomic E-state index is -1.18. The number of carboxylic acid groups (broad SMARTS) is 1. The van der Waals surface area contributed by atoms with Gasteiger partial charge in [-0.2, -0.15) is 0 Å². The van der Waals surface area contributed by atoms with Gasteiger partial charge in [-0.25, -0.2) is 4.79 Å². The van der Waals surface area contributed by atoms with Crippen LogP contribution in [0.3, 0.4) is 0 Å². The third-order valence-electron chi connectivity index (χ3n) is 3.26. The highest BCUT2D eigenvalue weighted by Gasteiger charge is 2.36. The fourth-order valence-corrected chi connectivity index (χ4v) is 2.09. The minimum absolute atomic E-state index is 0.0517. The van der Waals surface area contributed by atoms with E-state index in [-0.39, 0.29) is 24.4 Å². The van der Waals surface area contributed by atoms with Crippen LogP contribution < -0.4 is 5.32 Å². The van der Waals surface area contributed by atoms with Crippen LogP contribution in [0.5, 0.6) is 5.75 Å². The second kappa shape index (κ2) is 5.20. The Kier molecular flexibility index (Phi) is 3.60. The van der Waals surface area contributed by atoms with Gasteiger partial charge in [-0.1, -0.05) is 6.07 Å². The van der Waals surface area contributed by atoms with Crippen LogP contribution in [0.25, 0.3) is 0 Å². The second-order valence-electron chi connectivity index (χ2n) is 4.54. The molecule has 2 rings (SSSR count). The Hall–Kier alpha value is -2.57. The van der Waals surface area contributed by atoms with Gasteiger partial charge in [-0.3, -0.25) is 9.59 Å². The number of carbonyl (C=O) groups is 3. The molecule has 0 radical (unpaired) electrons. The van der Waals surface area contributed by atoms with Crippen LogP contribution in [0.15, 0.2) is 18.2 Å². The highest BCUT2D eigenvalue weighted by atomic mass is 16.4. The maximum absolute atomic E-state index is 12.4. The van der Waals surface area contributed by atoms with Crippen LogP contribution in [0.2, 0.25) is 0 Å². The lowest BCUT2D eigenvalue weighted by atomic mass is 10.0. The van der Waals surface area contributed by atoms with Crippen LogP contribution in [0.1, 0.15) is 15.9 Å². The van der Waals surface area contributed by atoms with Crippen LogP contribution in [-0.2, 0) is 9.59 Å². The first-order valence-corrected chi connectivity index (χ1v) is 6.01. The molecule has 1 unspecified atom stereocenters. The summed E-state index contributed by atoms with van der Waals surface area (Å²) in [6.45, 7) is 1.12. The fourth-order valence-electron chi connectivity index (χ4n) is 2.09. The van der Waals surface area contributed by atoms with Gasteiger partial charge in [-0.15, -0.1) is 0 Å². The third-order valence-corrected chi connectivity index (χ3v) is 3.26. The molecule has 1 aliphatic heterocycles. The molecule has 0 bridgehead atoms. The Labute approximate surface area is 114 Å². The van der Waals surface area contributed by atoms with Gasteiger partial charge in [0.15, 0.2) is 0 Å². The molecule has 0 spiro atoms. The van der Waals surface area contributed by atoms with E-state index in [4.69, 9.17) is 5.11 Å². The number of piperazine rings is 1. The molecule has 0 aromatic heterocycles. The van der Waals surface area contributed by atoms with E-state index in [1.54, 1.807) is 6.92 Å². The lowest BCUT2D eigenvalue weighted by Gasteiger charge is -2.33. The van der Waals surface area contributed by atoms with Crippen molar-refractivity contribution in [1.82, 2.24) is 10.2 Å². The molecule has 106 valence electrons. The molecular weight excluding hydrogens is 264 g/mol. The number of hydrogen-bond acceptors (Lipinski definition) is 4. The normalized spacial score (nSPS) is 18.6. The highest BCUT2D eigenvalue weighted by Crippen LogP contribution is 2.22. The number of carbonyl (C=O) groups excluding carboxylic acids is 2. The summed E-state index contributed by atoms with van der Waals surface area (Å²) >= 11 is 0. The zero-order valence-corrected chi connectivity index (χ0v) is 10.8. The average molecular weight is 278 g/mol. The van der Waals surface area contributed by atoms with Gasteiger partial charge in [0.25, 0.3) is 5.91 Å². The molecule has 3 N–H and O–H groups in total. The molecule has 7 nitrogen and oxygen atoms in total. The van der Waals surface area contributed by atoms with E-state index in [1.807, 2.05) is 0 Å². The Bertz CT molecular complexity index is 584. The molecule has 1 aromatic rings. The molecule has 0 aliphatic carbocycles. The SMILES string of the molecule is Cc1c(O)cccc1C(=O)N1CC(=O)NCC1C(=O)O. The van der Waals surface area contributed by atoms with Gasteiger partial charge in [0.05, 0.1) is 0 Å². The fraction of sp³-hybridized carbons (Fsp3) is 0.308. The smallest absolute Gasteiger partial charge is 0.328 e. The second-order valence-corrected chi connectivity index (χ2v) is 4.54. The topological polar surface area (TPSA) is 107 Å². The number of carboxylic acids is 1. The number of phenols is 1. The lowest BCUT2D eigenvalue weighted by Crippen LogP contribution is -2.59. The van der Waals surface area contributed by atoms with Crippen molar-refractivity contribution in [3.05, 3.63) is 29.3 Å². The van der Waals surface area contributed by atoms with Crippen molar-refractivity contribution in [2.75, 3.05) is 13.1 Å². The maximum Gasteiger partial charge on any atom is 0.328 e. The number of amides is 2. The zero-order chi connectivity index (χ0) is 14.9. The molecule has 1 heterocycles. The minimum Gasteiger partial charge on any atom is -0.508 e. The predicted molar refractivity (Wildman–Crippen MR) is 68.3 cm³/mol. The van der Waals surface area contributed by atoms with E-state index in [1.165, 1.54) is 18.2 Å². The van der Waals surface area contributed by atoms with E-state index >= 15 is 0 Å². The number of phenolic OH excluding ortho intramolecular Hbond substituents is 1. The summed E-state index contributed by atoms with van der Waals surface area (Å²) in [5.41, 5.74) is 0.540. The molecule has 1 fully saturated rings. The molecule has 1 aliphatic rings. The molecule has 1 aromatic carbocycles. The van der Waals surface area contributed by atoms with E-state index < -0.39 is 23.8 Å². The van der Waals surface area contributed by atoms with Crippen LogP contribution in [0, 0.1) is 6.92 Å². The van der Waals surface area contributed by atoms with E-state index in [0.29, 0.717) is 5.56 Å². The third kappa shape index (κ3) is 2.42. The van der Waals surface area contributed by atoms with Crippen molar-refractivity contribution in [1.29, 1.82) is 0 Å². The molecule has 7 heteroatoms. The van der Waals surface area contributed by atoms with Gasteiger partial charge >= 0.3 is 5.97 Å². The molecule has 20 heavy (non-hydrogen) atoms. The summed E-state index contributed by atoms with van der Waals surface area (Å²) in [5, 5.41) is 21.1. The van der Waals surface area contributed by atoms with Crippen LogP contribution in [0.4, 0.5) is 0 Å². The van der Waals surface area contributed by atoms with Gasteiger partial charge in [0, 0.05) is 17.7 Å². The summed E-state index contributed by atoms with van der Waals surface area (Å²) in [5.74, 6) is -2.23. The molecule has 2 amide bonds. The van der Waals surface area contributed by atoms with Crippen molar-refractivity contribution in [3.63, 3.8) is 0 Å². The van der Waals surface area contributed by atoms with Crippen LogP contribution >= 0.6 is 0 Å². The number of rotatable bonds is 2. The Morgan fingerprint density at radius 2 is 2.10 bits per heavy atom. The number of nitrogens with one attached hydrogen (secondary N) is 1. The Morgan fingerprint density at radius 3 is 2.75 bits per heavy atom. The number of aliphatic carboxylic acids is 1. The first kappa shape index (κ1) is 13.9. The van der Waals surface area contributed by atoms with Crippen molar-refractivity contribution >= 4 is 17.8 Å². The van der Waals surface area contributed by atoms with Gasteiger partial charge in [-0.05, 0) is 19.1 Å². The molecule has 1 atom stereocenters. The maximum atomic E-state index is 12.4. The first-order chi connectivity index (χ1) is 9.41. The summed E-state index contributed by atoms with van der Waals surface area (Å²) in [4.78, 5) is 36.0. The van der Waals surface area contributed by atoms with Gasteiger partial charge in [0.1, 0.15) is 18.3 Å². The van der Waals surface area contributed by atoms with Crippen molar-refractivity contribution in [3.8, 4) is 5.75 Å². The molecule has 1 saturated heterocycles. The molecule has 0 saturated carbocycles. The summed E-state index contributed by atoms with van der Waals surface area (Å²) in [7, 11) is 0. The first-order valence-electron chi connectivity index (χ1n) is 6.01. The molecular formula is C13H14N2O5. The predicted octanol–water partition coefficient (Wildman–Crippen LogP) is -0.274. The number of hydrogen-bond donors (Lipinski definition) is 3.